The number of benzene rings is 1. The lowest BCUT2D eigenvalue weighted by Crippen LogP contribution is -2.00. The largest absolute Gasteiger partial charge is 0.496 e. The normalized spacial score (nSPS) is 9.64. The fourth-order valence-electron chi connectivity index (χ4n) is 1.11. The molecule has 0 aromatic heterocycles. The van der Waals surface area contributed by atoms with Crippen molar-refractivity contribution in [1.29, 1.82) is 0 Å². The minimum Gasteiger partial charge on any atom is -0.496 e. The van der Waals surface area contributed by atoms with Gasteiger partial charge in [0, 0.05) is 9.13 Å². The summed E-state index contributed by atoms with van der Waals surface area (Å²) in [4.78, 5) is 21.8. The molecule has 0 saturated carbocycles. The Kier molecular flexibility index (Phi) is 3.62. The molecule has 0 aliphatic heterocycles. The molecule has 0 aliphatic carbocycles. The van der Waals surface area contributed by atoms with Crippen molar-refractivity contribution in [1.82, 2.24) is 0 Å². The van der Waals surface area contributed by atoms with Crippen LogP contribution >= 0.6 is 22.6 Å². The molecule has 0 bridgehead atoms. The molecule has 1 aromatic rings. The summed E-state index contributed by atoms with van der Waals surface area (Å²) in [6, 6.07) is 3.23. The number of hydrogen-bond acceptors (Lipinski definition) is 3. The molecule has 0 atom stereocenters. The maximum Gasteiger partial charge on any atom is 0.161 e. The monoisotopic (exact) mass is 304 g/mol. The first-order chi connectivity index (χ1) is 6.60. The number of carbonyl (C=O) groups excluding carboxylic acids is 2. The standard InChI is InChI=1S/C10H9IO3/c1-6(13)8-4-10(14-2)7(5-12)3-9(8)11/h3-5H,1-2H3. The van der Waals surface area contributed by atoms with Crippen molar-refractivity contribution < 1.29 is 14.3 Å². The minimum atomic E-state index is -0.0369. The second kappa shape index (κ2) is 4.54. The van der Waals surface area contributed by atoms with E-state index in [1.807, 2.05) is 22.6 Å². The van der Waals surface area contributed by atoms with Crippen LogP contribution in [0.5, 0.6) is 5.75 Å². The molecule has 0 heterocycles. The zero-order valence-corrected chi connectivity index (χ0v) is 9.99. The SMILES string of the molecule is COc1cc(C(C)=O)c(I)cc1C=O. The summed E-state index contributed by atoms with van der Waals surface area (Å²) < 4.78 is 5.76. The molecule has 0 N–H and O–H groups in total. The molecular formula is C10H9IO3. The highest BCUT2D eigenvalue weighted by Crippen LogP contribution is 2.23. The Bertz CT molecular complexity index is 385. The summed E-state index contributed by atoms with van der Waals surface area (Å²) in [7, 11) is 1.47. The number of halogens is 1. The van der Waals surface area contributed by atoms with Crippen LogP contribution in [0.25, 0.3) is 0 Å². The molecular weight excluding hydrogens is 295 g/mol. The van der Waals surface area contributed by atoms with Gasteiger partial charge in [0.2, 0.25) is 0 Å². The van der Waals surface area contributed by atoms with Crippen LogP contribution in [-0.4, -0.2) is 19.2 Å². The highest BCUT2D eigenvalue weighted by Gasteiger charge is 2.11. The van der Waals surface area contributed by atoms with Crippen molar-refractivity contribution in [3.8, 4) is 5.75 Å². The van der Waals surface area contributed by atoms with Crippen LogP contribution in [-0.2, 0) is 0 Å². The van der Waals surface area contributed by atoms with Crippen molar-refractivity contribution in [3.05, 3.63) is 26.8 Å². The molecule has 0 radical (unpaired) electrons. The van der Waals surface area contributed by atoms with E-state index >= 15 is 0 Å². The Labute approximate surface area is 95.6 Å². The summed E-state index contributed by atoms with van der Waals surface area (Å²) in [5.41, 5.74) is 1.04. The number of Topliss-reactive ketones (excluding diaryl/α,β-unsaturated/α-hetero) is 1. The van der Waals surface area contributed by atoms with Gasteiger partial charge in [-0.3, -0.25) is 9.59 Å². The van der Waals surface area contributed by atoms with E-state index in [4.69, 9.17) is 4.74 Å². The number of ether oxygens (including phenoxy) is 1. The molecule has 14 heavy (non-hydrogen) atoms. The summed E-state index contributed by atoms with van der Waals surface area (Å²) in [5.74, 6) is 0.399. The van der Waals surface area contributed by atoms with Crippen LogP contribution in [0.4, 0.5) is 0 Å². The van der Waals surface area contributed by atoms with Gasteiger partial charge in [-0.1, -0.05) is 0 Å². The van der Waals surface area contributed by atoms with Crippen molar-refractivity contribution in [2.24, 2.45) is 0 Å². The summed E-state index contributed by atoms with van der Waals surface area (Å²) >= 11 is 2.02. The predicted molar refractivity (Wildman–Crippen MR) is 61.1 cm³/mol. The molecule has 0 aliphatic rings. The average molecular weight is 304 g/mol. The number of hydrogen-bond donors (Lipinski definition) is 0. The van der Waals surface area contributed by atoms with Crippen LogP contribution in [0.1, 0.15) is 27.6 Å². The van der Waals surface area contributed by atoms with E-state index in [9.17, 15) is 9.59 Å². The van der Waals surface area contributed by atoms with Crippen LogP contribution < -0.4 is 4.74 Å². The first kappa shape index (κ1) is 11.2. The molecule has 3 nitrogen and oxygen atoms in total. The molecule has 1 aromatic carbocycles. The molecule has 74 valence electrons. The van der Waals surface area contributed by atoms with Crippen LogP contribution in [0.3, 0.4) is 0 Å². The van der Waals surface area contributed by atoms with Crippen LogP contribution in [0.15, 0.2) is 12.1 Å². The first-order valence-corrected chi connectivity index (χ1v) is 5.01. The lowest BCUT2D eigenvalue weighted by Gasteiger charge is -2.07. The lowest BCUT2D eigenvalue weighted by atomic mass is 10.1. The van der Waals surface area contributed by atoms with Gasteiger partial charge in [-0.25, -0.2) is 0 Å². The molecule has 0 saturated heterocycles. The Balaban J connectivity index is 3.37. The highest BCUT2D eigenvalue weighted by atomic mass is 127. The zero-order chi connectivity index (χ0) is 10.7. The lowest BCUT2D eigenvalue weighted by molar-refractivity contribution is 0.101. The number of ketones is 1. The molecule has 4 heteroatoms. The molecule has 0 spiro atoms. The Morgan fingerprint density at radius 1 is 1.50 bits per heavy atom. The Hall–Kier alpha value is -0.910. The molecule has 0 unspecified atom stereocenters. The van der Waals surface area contributed by atoms with Crippen molar-refractivity contribution in [3.63, 3.8) is 0 Å². The molecule has 1 rings (SSSR count). The second-order valence-electron chi connectivity index (χ2n) is 2.75. The topological polar surface area (TPSA) is 43.4 Å². The van der Waals surface area contributed by atoms with Gasteiger partial charge in [0.1, 0.15) is 5.75 Å². The highest BCUT2D eigenvalue weighted by molar-refractivity contribution is 14.1. The third kappa shape index (κ3) is 2.12. The third-order valence-corrected chi connectivity index (χ3v) is 2.72. The van der Waals surface area contributed by atoms with Gasteiger partial charge in [0.05, 0.1) is 12.7 Å². The number of carbonyl (C=O) groups is 2. The Morgan fingerprint density at radius 3 is 2.57 bits per heavy atom. The first-order valence-electron chi connectivity index (χ1n) is 3.93. The van der Waals surface area contributed by atoms with Crippen molar-refractivity contribution in [2.75, 3.05) is 7.11 Å². The van der Waals surface area contributed by atoms with Crippen molar-refractivity contribution in [2.45, 2.75) is 6.92 Å². The van der Waals surface area contributed by atoms with Gasteiger partial charge in [-0.15, -0.1) is 0 Å². The van der Waals surface area contributed by atoms with E-state index in [2.05, 4.69) is 0 Å². The summed E-state index contributed by atoms with van der Waals surface area (Å²) in [6.45, 7) is 1.48. The van der Waals surface area contributed by atoms with Gasteiger partial charge in [-0.2, -0.15) is 0 Å². The molecule has 0 fully saturated rings. The second-order valence-corrected chi connectivity index (χ2v) is 3.91. The van der Waals surface area contributed by atoms with Gasteiger partial charge >= 0.3 is 0 Å². The van der Waals surface area contributed by atoms with E-state index in [-0.39, 0.29) is 5.78 Å². The van der Waals surface area contributed by atoms with E-state index < -0.39 is 0 Å². The maximum absolute atomic E-state index is 11.2. The van der Waals surface area contributed by atoms with Gasteiger partial charge in [-0.05, 0) is 41.6 Å². The van der Waals surface area contributed by atoms with Crippen molar-refractivity contribution >= 4 is 34.7 Å². The summed E-state index contributed by atoms with van der Waals surface area (Å²) in [5, 5.41) is 0. The van der Waals surface area contributed by atoms with Gasteiger partial charge in [0.25, 0.3) is 0 Å². The number of rotatable bonds is 3. The van der Waals surface area contributed by atoms with Gasteiger partial charge in [0.15, 0.2) is 12.1 Å². The van der Waals surface area contributed by atoms with E-state index in [0.717, 1.165) is 3.57 Å². The van der Waals surface area contributed by atoms with Crippen LogP contribution in [0, 0.1) is 3.57 Å². The minimum absolute atomic E-state index is 0.0369. The fraction of sp³-hybridized carbons (Fsp3) is 0.200. The van der Waals surface area contributed by atoms with Gasteiger partial charge < -0.3 is 4.74 Å². The summed E-state index contributed by atoms with van der Waals surface area (Å²) in [6.07, 6.45) is 0.713. The maximum atomic E-state index is 11.2. The molecule has 0 amide bonds. The smallest absolute Gasteiger partial charge is 0.161 e. The average Bonchev–Trinajstić information content (AvgIpc) is 2.16. The van der Waals surface area contributed by atoms with Crippen LogP contribution in [0.2, 0.25) is 0 Å². The fourth-order valence-corrected chi connectivity index (χ4v) is 1.98. The number of aldehydes is 1. The third-order valence-electron chi connectivity index (χ3n) is 1.83. The van der Waals surface area contributed by atoms with E-state index in [1.54, 1.807) is 12.1 Å². The quantitative estimate of drug-likeness (QED) is 0.489. The number of methoxy groups -OCH3 is 1. The Morgan fingerprint density at radius 2 is 2.14 bits per heavy atom. The van der Waals surface area contributed by atoms with E-state index in [1.165, 1.54) is 14.0 Å². The van der Waals surface area contributed by atoms with E-state index in [0.29, 0.717) is 23.2 Å². The zero-order valence-electron chi connectivity index (χ0n) is 7.83. The predicted octanol–water partition coefficient (Wildman–Crippen LogP) is 2.31.